The van der Waals surface area contributed by atoms with Crippen LogP contribution in [0.15, 0.2) is 29.1 Å². The number of terminal acetylenes is 1. The van der Waals surface area contributed by atoms with Crippen molar-refractivity contribution in [2.24, 2.45) is 0 Å². The zero-order valence-electron chi connectivity index (χ0n) is 19.5. The van der Waals surface area contributed by atoms with Gasteiger partial charge in [-0.05, 0) is 45.4 Å². The van der Waals surface area contributed by atoms with Crippen LogP contribution in [0.4, 0.5) is 23.9 Å². The van der Waals surface area contributed by atoms with Crippen molar-refractivity contribution < 1.29 is 22.7 Å². The number of nitrogens with zero attached hydrogens (tertiary/aromatic N) is 3. The second-order valence-corrected chi connectivity index (χ2v) is 9.09. The van der Waals surface area contributed by atoms with Gasteiger partial charge < -0.3 is 15.0 Å². The number of alkyl halides is 3. The molecule has 1 aromatic heterocycles. The van der Waals surface area contributed by atoms with E-state index in [1.54, 1.807) is 27.7 Å². The van der Waals surface area contributed by atoms with Crippen LogP contribution in [-0.2, 0) is 30.4 Å². The summed E-state index contributed by atoms with van der Waals surface area (Å²) in [7, 11) is 0. The van der Waals surface area contributed by atoms with Crippen LogP contribution in [0.5, 0.6) is 0 Å². The van der Waals surface area contributed by atoms with Crippen molar-refractivity contribution in [2.75, 3.05) is 11.9 Å². The summed E-state index contributed by atoms with van der Waals surface area (Å²) >= 11 is 0. The number of carbonyl (C=O) groups excluding carboxylic acids is 1. The molecule has 1 amide bonds. The molecule has 0 aliphatic carbocycles. The molecule has 1 unspecified atom stereocenters. The Kier molecular flexibility index (Phi) is 6.96. The fraction of sp³-hybridized carbons (Fsp3) is 0.458. The van der Waals surface area contributed by atoms with Crippen LogP contribution in [0.3, 0.4) is 0 Å². The lowest BCUT2D eigenvalue weighted by Gasteiger charge is -2.31. The van der Waals surface area contributed by atoms with Crippen molar-refractivity contribution in [3.63, 3.8) is 0 Å². The van der Waals surface area contributed by atoms with Gasteiger partial charge in [0.2, 0.25) is 5.95 Å². The zero-order chi connectivity index (χ0) is 25.3. The first-order valence-electron chi connectivity index (χ1n) is 10.8. The average molecular weight is 476 g/mol. The fourth-order valence-corrected chi connectivity index (χ4v) is 3.58. The molecule has 1 N–H and O–H groups in total. The molecule has 2 aromatic rings. The number of nitrogens with one attached hydrogen (secondary N) is 1. The highest BCUT2D eigenvalue weighted by Crippen LogP contribution is 2.30. The Bertz CT molecular complexity index is 1160. The number of halogens is 3. The Morgan fingerprint density at radius 1 is 1.26 bits per heavy atom. The van der Waals surface area contributed by atoms with E-state index in [0.717, 1.165) is 12.1 Å². The zero-order valence-corrected chi connectivity index (χ0v) is 19.5. The van der Waals surface area contributed by atoms with E-state index in [1.165, 1.54) is 21.6 Å². The highest BCUT2D eigenvalue weighted by molar-refractivity contribution is 5.68. The van der Waals surface area contributed by atoms with Crippen molar-refractivity contribution in [2.45, 2.75) is 65.0 Å². The SMILES string of the molecule is C#CCn1c(NC(C)c2ccc(C(F)(F)F)cc2)nc2c(c1=O)CN(C(=O)OC(C)(C)C)CC2. The number of amides is 1. The molecule has 0 radical (unpaired) electrons. The highest BCUT2D eigenvalue weighted by atomic mass is 19.4. The molecule has 10 heteroatoms. The van der Waals surface area contributed by atoms with Gasteiger partial charge in [0.25, 0.3) is 5.56 Å². The van der Waals surface area contributed by atoms with E-state index in [0.29, 0.717) is 29.8 Å². The molecule has 7 nitrogen and oxygen atoms in total. The summed E-state index contributed by atoms with van der Waals surface area (Å²) in [6.07, 6.45) is 0.878. The van der Waals surface area contributed by atoms with Gasteiger partial charge in [0, 0.05) is 13.0 Å². The number of anilines is 1. The Hall–Kier alpha value is -3.48. The quantitative estimate of drug-likeness (QED) is 0.664. The van der Waals surface area contributed by atoms with E-state index in [4.69, 9.17) is 11.2 Å². The lowest BCUT2D eigenvalue weighted by molar-refractivity contribution is -0.137. The lowest BCUT2D eigenvalue weighted by Crippen LogP contribution is -2.43. The predicted octanol–water partition coefficient (Wildman–Crippen LogP) is 4.36. The molecule has 0 spiro atoms. The normalized spacial score (nSPS) is 14.7. The summed E-state index contributed by atoms with van der Waals surface area (Å²) < 4.78 is 45.3. The smallest absolute Gasteiger partial charge is 0.416 e. The monoisotopic (exact) mass is 476 g/mol. The first kappa shape index (κ1) is 25.1. The molecule has 0 saturated heterocycles. The number of benzene rings is 1. The van der Waals surface area contributed by atoms with Crippen LogP contribution < -0.4 is 10.9 Å². The van der Waals surface area contributed by atoms with Crippen molar-refractivity contribution in [3.8, 4) is 12.3 Å². The maximum absolute atomic E-state index is 13.2. The second-order valence-electron chi connectivity index (χ2n) is 9.09. The number of carbonyl (C=O) groups is 1. The highest BCUT2D eigenvalue weighted by Gasteiger charge is 2.31. The van der Waals surface area contributed by atoms with Crippen LogP contribution in [-0.4, -0.2) is 32.7 Å². The van der Waals surface area contributed by atoms with E-state index < -0.39 is 29.5 Å². The number of ether oxygens (including phenoxy) is 1. The molecule has 1 aliphatic heterocycles. The molecule has 0 fully saturated rings. The molecule has 34 heavy (non-hydrogen) atoms. The van der Waals surface area contributed by atoms with Crippen LogP contribution in [0.2, 0.25) is 0 Å². The first-order valence-corrected chi connectivity index (χ1v) is 10.8. The van der Waals surface area contributed by atoms with Gasteiger partial charge in [0.05, 0.1) is 36.0 Å². The number of hydrogen-bond donors (Lipinski definition) is 1. The first-order chi connectivity index (χ1) is 15.8. The molecule has 2 heterocycles. The predicted molar refractivity (Wildman–Crippen MR) is 121 cm³/mol. The summed E-state index contributed by atoms with van der Waals surface area (Å²) in [4.78, 5) is 31.7. The molecular formula is C24H27F3N4O3. The van der Waals surface area contributed by atoms with Gasteiger partial charge in [-0.25, -0.2) is 9.78 Å². The van der Waals surface area contributed by atoms with Crippen LogP contribution in [0.1, 0.15) is 56.1 Å². The van der Waals surface area contributed by atoms with Crippen LogP contribution in [0, 0.1) is 12.3 Å². The lowest BCUT2D eigenvalue weighted by atomic mass is 10.1. The van der Waals surface area contributed by atoms with Crippen LogP contribution in [0.25, 0.3) is 0 Å². The average Bonchev–Trinajstić information content (AvgIpc) is 2.74. The molecule has 1 aliphatic rings. The summed E-state index contributed by atoms with van der Waals surface area (Å²) in [5.41, 5.74) is -0.294. The van der Waals surface area contributed by atoms with Crippen molar-refractivity contribution in [3.05, 3.63) is 57.0 Å². The second kappa shape index (κ2) is 9.41. The van der Waals surface area contributed by atoms with Gasteiger partial charge in [-0.2, -0.15) is 13.2 Å². The van der Waals surface area contributed by atoms with E-state index in [1.807, 2.05) is 0 Å². The minimum absolute atomic E-state index is 0.0510. The molecule has 182 valence electrons. The molecule has 0 saturated carbocycles. The Morgan fingerprint density at radius 3 is 2.47 bits per heavy atom. The fourth-order valence-electron chi connectivity index (χ4n) is 3.58. The van der Waals surface area contributed by atoms with E-state index in [9.17, 15) is 22.8 Å². The summed E-state index contributed by atoms with van der Waals surface area (Å²) in [5.74, 6) is 2.65. The molecule has 1 atom stereocenters. The maximum atomic E-state index is 13.2. The van der Waals surface area contributed by atoms with E-state index in [2.05, 4.69) is 16.2 Å². The Morgan fingerprint density at radius 2 is 1.91 bits per heavy atom. The minimum atomic E-state index is -4.42. The summed E-state index contributed by atoms with van der Waals surface area (Å²) in [6, 6.07) is 4.32. The number of fused-ring (bicyclic) bond motifs is 1. The van der Waals surface area contributed by atoms with E-state index in [-0.39, 0.29) is 24.6 Å². The molecule has 0 bridgehead atoms. The van der Waals surface area contributed by atoms with Crippen molar-refractivity contribution in [1.29, 1.82) is 0 Å². The van der Waals surface area contributed by atoms with Gasteiger partial charge >= 0.3 is 12.3 Å². The van der Waals surface area contributed by atoms with Gasteiger partial charge in [-0.3, -0.25) is 9.36 Å². The molecule has 1 aromatic carbocycles. The standard InChI is InChI=1S/C24H27F3N4O3/c1-6-12-31-20(32)18-14-30(22(33)34-23(3,4)5)13-11-19(18)29-21(31)28-15(2)16-7-9-17(10-8-16)24(25,26)27/h1,7-10,15H,11-14H2,2-5H3,(H,28,29). The van der Waals surface area contributed by atoms with Crippen molar-refractivity contribution >= 4 is 12.0 Å². The third-order valence-corrected chi connectivity index (χ3v) is 5.30. The topological polar surface area (TPSA) is 76.5 Å². The largest absolute Gasteiger partial charge is 0.444 e. The summed E-state index contributed by atoms with van der Waals surface area (Å²) in [5, 5.41) is 3.10. The van der Waals surface area contributed by atoms with Crippen molar-refractivity contribution in [1.82, 2.24) is 14.5 Å². The number of aromatic nitrogens is 2. The molecule has 3 rings (SSSR count). The van der Waals surface area contributed by atoms with Gasteiger partial charge in [0.1, 0.15) is 5.60 Å². The van der Waals surface area contributed by atoms with Gasteiger partial charge in [0.15, 0.2) is 0 Å². The summed E-state index contributed by atoms with van der Waals surface area (Å²) in [6.45, 7) is 7.36. The Labute approximate surface area is 195 Å². The van der Waals surface area contributed by atoms with Gasteiger partial charge in [-0.15, -0.1) is 6.42 Å². The minimum Gasteiger partial charge on any atom is -0.444 e. The maximum Gasteiger partial charge on any atom is 0.416 e. The Balaban J connectivity index is 1.88. The van der Waals surface area contributed by atoms with E-state index >= 15 is 0 Å². The number of rotatable bonds is 4. The van der Waals surface area contributed by atoms with Crippen LogP contribution >= 0.6 is 0 Å². The van der Waals surface area contributed by atoms with Gasteiger partial charge in [-0.1, -0.05) is 18.1 Å². The number of hydrogen-bond acceptors (Lipinski definition) is 5. The third-order valence-electron chi connectivity index (χ3n) is 5.30. The third kappa shape index (κ3) is 5.71. The molecular weight excluding hydrogens is 449 g/mol.